The van der Waals surface area contributed by atoms with E-state index in [1.807, 2.05) is 35.2 Å². The fourth-order valence-corrected chi connectivity index (χ4v) is 3.77. The van der Waals surface area contributed by atoms with Crippen molar-refractivity contribution in [2.45, 2.75) is 38.1 Å². The molecule has 0 saturated carbocycles. The van der Waals surface area contributed by atoms with E-state index in [0.29, 0.717) is 19.0 Å². The predicted octanol–water partition coefficient (Wildman–Crippen LogP) is 1.68. The van der Waals surface area contributed by atoms with Crippen LogP contribution in [0.2, 0.25) is 0 Å². The molecule has 0 bridgehead atoms. The van der Waals surface area contributed by atoms with Gasteiger partial charge in [-0.25, -0.2) is 0 Å². The molecule has 2 saturated heterocycles. The van der Waals surface area contributed by atoms with E-state index in [1.165, 1.54) is 0 Å². The zero-order valence-electron chi connectivity index (χ0n) is 15.1. The number of benzene rings is 1. The van der Waals surface area contributed by atoms with Crippen LogP contribution in [0.1, 0.15) is 31.2 Å². The first-order valence-electron chi connectivity index (χ1n) is 9.42. The fourth-order valence-electron chi connectivity index (χ4n) is 3.77. The molecule has 1 aromatic rings. The minimum absolute atomic E-state index is 0.0619. The summed E-state index contributed by atoms with van der Waals surface area (Å²) < 4.78 is 0. The minimum atomic E-state index is -0.0619. The fraction of sp³-hybridized carbons (Fsp3) is 0.600. The molecule has 1 N–H and O–H groups in total. The van der Waals surface area contributed by atoms with Crippen LogP contribution in [0.4, 0.5) is 0 Å². The molecule has 3 rings (SSSR count). The molecule has 0 aliphatic carbocycles. The van der Waals surface area contributed by atoms with Crippen molar-refractivity contribution in [2.24, 2.45) is 5.92 Å². The summed E-state index contributed by atoms with van der Waals surface area (Å²) in [4.78, 5) is 29.3. The number of carbonyl (C=O) groups is 2. The SMILES string of the molecule is CN1CCC(NC(=O)C2CCCN(C(=O)Cc3ccccc3)C2)CC1. The van der Waals surface area contributed by atoms with E-state index in [-0.39, 0.29) is 17.7 Å². The Labute approximate surface area is 150 Å². The highest BCUT2D eigenvalue weighted by atomic mass is 16.2. The van der Waals surface area contributed by atoms with Gasteiger partial charge in [-0.05, 0) is 51.4 Å². The number of carbonyl (C=O) groups excluding carboxylic acids is 2. The lowest BCUT2D eigenvalue weighted by molar-refractivity contribution is -0.135. The van der Waals surface area contributed by atoms with Crippen molar-refractivity contribution in [3.05, 3.63) is 35.9 Å². The van der Waals surface area contributed by atoms with Crippen LogP contribution in [0, 0.1) is 5.92 Å². The van der Waals surface area contributed by atoms with E-state index >= 15 is 0 Å². The molecule has 0 aromatic heterocycles. The van der Waals surface area contributed by atoms with Crippen molar-refractivity contribution >= 4 is 11.8 Å². The van der Waals surface area contributed by atoms with Gasteiger partial charge in [0.1, 0.15) is 0 Å². The van der Waals surface area contributed by atoms with Gasteiger partial charge in [-0.2, -0.15) is 0 Å². The summed E-state index contributed by atoms with van der Waals surface area (Å²) in [5, 5.41) is 3.21. The molecule has 2 amide bonds. The molecule has 0 spiro atoms. The normalized spacial score (nSPS) is 22.6. The van der Waals surface area contributed by atoms with Crippen molar-refractivity contribution in [3.8, 4) is 0 Å². The van der Waals surface area contributed by atoms with Crippen LogP contribution in [0.15, 0.2) is 30.3 Å². The van der Waals surface area contributed by atoms with E-state index in [9.17, 15) is 9.59 Å². The predicted molar refractivity (Wildman–Crippen MR) is 98.1 cm³/mol. The Morgan fingerprint density at radius 1 is 1.08 bits per heavy atom. The molecule has 25 heavy (non-hydrogen) atoms. The maximum Gasteiger partial charge on any atom is 0.227 e. The van der Waals surface area contributed by atoms with Crippen LogP contribution in [0.5, 0.6) is 0 Å². The average Bonchev–Trinajstić information content (AvgIpc) is 2.64. The summed E-state index contributed by atoms with van der Waals surface area (Å²) in [6.07, 6.45) is 4.25. The van der Waals surface area contributed by atoms with Crippen molar-refractivity contribution in [2.75, 3.05) is 33.2 Å². The molecule has 5 heteroatoms. The number of piperidine rings is 2. The second-order valence-corrected chi connectivity index (χ2v) is 7.43. The molecule has 2 aliphatic heterocycles. The maximum absolute atomic E-state index is 12.6. The zero-order chi connectivity index (χ0) is 17.6. The average molecular weight is 343 g/mol. The lowest BCUT2D eigenvalue weighted by Gasteiger charge is -2.34. The standard InChI is InChI=1S/C20H29N3O2/c1-22-12-9-18(10-13-22)21-20(25)17-8-5-11-23(15-17)19(24)14-16-6-3-2-4-7-16/h2-4,6-7,17-18H,5,8-15H2,1H3,(H,21,25). The molecule has 5 nitrogen and oxygen atoms in total. The van der Waals surface area contributed by atoms with Gasteiger partial charge in [0.15, 0.2) is 0 Å². The summed E-state index contributed by atoms with van der Waals surface area (Å²) >= 11 is 0. The summed E-state index contributed by atoms with van der Waals surface area (Å²) in [6.45, 7) is 3.41. The third-order valence-electron chi connectivity index (χ3n) is 5.41. The van der Waals surface area contributed by atoms with Crippen LogP contribution in [-0.2, 0) is 16.0 Å². The van der Waals surface area contributed by atoms with E-state index in [4.69, 9.17) is 0 Å². The Morgan fingerprint density at radius 2 is 1.80 bits per heavy atom. The molecule has 1 aromatic carbocycles. The van der Waals surface area contributed by atoms with Gasteiger partial charge >= 0.3 is 0 Å². The van der Waals surface area contributed by atoms with Crippen LogP contribution < -0.4 is 5.32 Å². The first kappa shape index (κ1) is 17.9. The highest BCUT2D eigenvalue weighted by Gasteiger charge is 2.30. The van der Waals surface area contributed by atoms with Gasteiger partial charge in [-0.15, -0.1) is 0 Å². The quantitative estimate of drug-likeness (QED) is 0.905. The van der Waals surface area contributed by atoms with Gasteiger partial charge in [0.05, 0.1) is 12.3 Å². The Hall–Kier alpha value is -1.88. The maximum atomic E-state index is 12.6. The van der Waals surface area contributed by atoms with Gasteiger partial charge in [0.25, 0.3) is 0 Å². The first-order chi connectivity index (χ1) is 12.1. The number of hydrogen-bond acceptors (Lipinski definition) is 3. The molecule has 1 atom stereocenters. The first-order valence-corrected chi connectivity index (χ1v) is 9.42. The van der Waals surface area contributed by atoms with Crippen molar-refractivity contribution < 1.29 is 9.59 Å². The van der Waals surface area contributed by atoms with Gasteiger partial charge in [0, 0.05) is 19.1 Å². The van der Waals surface area contributed by atoms with Gasteiger partial charge < -0.3 is 15.1 Å². The van der Waals surface area contributed by atoms with Gasteiger partial charge in [-0.1, -0.05) is 30.3 Å². The van der Waals surface area contributed by atoms with E-state index in [0.717, 1.165) is 50.9 Å². The molecule has 0 radical (unpaired) electrons. The number of nitrogens with one attached hydrogen (secondary N) is 1. The monoisotopic (exact) mass is 343 g/mol. The summed E-state index contributed by atoms with van der Waals surface area (Å²) in [6, 6.07) is 10.1. The molecular formula is C20H29N3O2. The van der Waals surface area contributed by atoms with Crippen LogP contribution in [-0.4, -0.2) is 60.9 Å². The lowest BCUT2D eigenvalue weighted by atomic mass is 9.95. The highest BCUT2D eigenvalue weighted by Crippen LogP contribution is 2.19. The van der Waals surface area contributed by atoms with Gasteiger partial charge in [-0.3, -0.25) is 9.59 Å². The topological polar surface area (TPSA) is 52.7 Å². The second-order valence-electron chi connectivity index (χ2n) is 7.43. The largest absolute Gasteiger partial charge is 0.353 e. The Morgan fingerprint density at radius 3 is 2.52 bits per heavy atom. The Bertz CT molecular complexity index is 582. The van der Waals surface area contributed by atoms with Gasteiger partial charge in [0.2, 0.25) is 11.8 Å². The van der Waals surface area contributed by atoms with Crippen molar-refractivity contribution in [1.82, 2.24) is 15.1 Å². The molecule has 136 valence electrons. The summed E-state index contributed by atoms with van der Waals surface area (Å²) in [5.41, 5.74) is 1.03. The summed E-state index contributed by atoms with van der Waals surface area (Å²) in [7, 11) is 2.12. The third-order valence-corrected chi connectivity index (χ3v) is 5.41. The lowest BCUT2D eigenvalue weighted by Crippen LogP contribution is -2.50. The van der Waals surface area contributed by atoms with Crippen molar-refractivity contribution in [3.63, 3.8) is 0 Å². The van der Waals surface area contributed by atoms with Crippen LogP contribution in [0.25, 0.3) is 0 Å². The number of amides is 2. The molecule has 2 aliphatic rings. The molecule has 1 unspecified atom stereocenters. The second kappa shape index (κ2) is 8.48. The Kier molecular flexibility index (Phi) is 6.08. The molecule has 2 fully saturated rings. The smallest absolute Gasteiger partial charge is 0.227 e. The number of hydrogen-bond donors (Lipinski definition) is 1. The van der Waals surface area contributed by atoms with Crippen molar-refractivity contribution in [1.29, 1.82) is 0 Å². The Balaban J connectivity index is 1.50. The zero-order valence-corrected chi connectivity index (χ0v) is 15.1. The number of nitrogens with zero attached hydrogens (tertiary/aromatic N) is 2. The number of rotatable bonds is 4. The van der Waals surface area contributed by atoms with E-state index in [1.54, 1.807) is 0 Å². The van der Waals surface area contributed by atoms with Crippen LogP contribution in [0.3, 0.4) is 0 Å². The number of likely N-dealkylation sites (tertiary alicyclic amines) is 2. The van der Waals surface area contributed by atoms with E-state index < -0.39 is 0 Å². The van der Waals surface area contributed by atoms with Crippen LogP contribution >= 0.6 is 0 Å². The summed E-state index contributed by atoms with van der Waals surface area (Å²) in [5.74, 6) is 0.197. The minimum Gasteiger partial charge on any atom is -0.353 e. The third kappa shape index (κ3) is 5.05. The van der Waals surface area contributed by atoms with E-state index in [2.05, 4.69) is 17.3 Å². The highest BCUT2D eigenvalue weighted by molar-refractivity contribution is 5.82. The molecule has 2 heterocycles. The molecular weight excluding hydrogens is 314 g/mol.